The van der Waals surface area contributed by atoms with E-state index in [-0.39, 0.29) is 23.8 Å². The van der Waals surface area contributed by atoms with Crippen molar-refractivity contribution in [1.82, 2.24) is 20.0 Å². The molecule has 2 fully saturated rings. The van der Waals surface area contributed by atoms with E-state index in [1.807, 2.05) is 49.3 Å². The molecule has 7 heteroatoms. The largest absolute Gasteiger partial charge is 0.508 e. The molecule has 1 heterocycles. The quantitative estimate of drug-likeness (QED) is 0.468. The molecule has 3 aromatic rings. The van der Waals surface area contributed by atoms with Crippen molar-refractivity contribution >= 4 is 16.8 Å². The number of H-pyrrole nitrogens is 1. The fraction of sp³-hybridized carbons (Fsp3) is 0.407. The highest BCUT2D eigenvalue weighted by Crippen LogP contribution is 2.38. The monoisotopic (exact) mass is 460 g/mol. The highest BCUT2D eigenvalue weighted by Gasteiger charge is 2.39. The first-order chi connectivity index (χ1) is 16.5. The van der Waals surface area contributed by atoms with E-state index in [2.05, 4.69) is 15.1 Å². The van der Waals surface area contributed by atoms with Gasteiger partial charge in [-0.2, -0.15) is 5.10 Å². The topological polar surface area (TPSA) is 81.7 Å². The highest BCUT2D eigenvalue weighted by molar-refractivity contribution is 5.90. The van der Waals surface area contributed by atoms with Crippen LogP contribution in [0, 0.1) is 5.92 Å². The number of likely N-dealkylation sites (N-methyl/N-ethyl adjacent to an activating group) is 1. The average molecular weight is 461 g/mol. The van der Waals surface area contributed by atoms with E-state index in [1.165, 1.54) is 12.8 Å². The van der Waals surface area contributed by atoms with Gasteiger partial charge in [0.05, 0.1) is 17.1 Å². The van der Waals surface area contributed by atoms with Crippen LogP contribution < -0.4 is 4.74 Å². The number of nitrogens with zero attached hydrogens (tertiary/aromatic N) is 3. The van der Waals surface area contributed by atoms with E-state index in [9.17, 15) is 9.90 Å². The Morgan fingerprint density at radius 2 is 1.94 bits per heavy atom. The summed E-state index contributed by atoms with van der Waals surface area (Å²) in [6.45, 7) is 1.61. The molecule has 1 amide bonds. The Bertz CT molecular complexity index is 1170. The predicted octanol–water partition coefficient (Wildman–Crippen LogP) is 4.20. The second-order valence-electron chi connectivity index (χ2n) is 9.82. The van der Waals surface area contributed by atoms with Crippen LogP contribution in [0.15, 0.2) is 54.7 Å². The van der Waals surface area contributed by atoms with Crippen molar-refractivity contribution in [3.05, 3.63) is 54.7 Å². The molecule has 2 saturated carbocycles. The summed E-state index contributed by atoms with van der Waals surface area (Å²) in [6, 6.07) is 11.4. The lowest BCUT2D eigenvalue weighted by atomic mass is 9.87. The molecule has 0 aliphatic heterocycles. The predicted molar refractivity (Wildman–Crippen MR) is 133 cm³/mol. The van der Waals surface area contributed by atoms with Crippen LogP contribution in [-0.2, 0) is 4.79 Å². The molecule has 2 aromatic carbocycles. The van der Waals surface area contributed by atoms with Gasteiger partial charge in [0.15, 0.2) is 0 Å². The van der Waals surface area contributed by atoms with Gasteiger partial charge in [0, 0.05) is 38.0 Å². The van der Waals surface area contributed by atoms with Gasteiger partial charge in [-0.1, -0.05) is 18.2 Å². The van der Waals surface area contributed by atoms with E-state index in [0.717, 1.165) is 53.7 Å². The molecule has 178 valence electrons. The molecular weight excluding hydrogens is 428 g/mol. The fourth-order valence-electron chi connectivity index (χ4n) is 4.46. The van der Waals surface area contributed by atoms with Crippen molar-refractivity contribution < 1.29 is 14.6 Å². The molecule has 2 aliphatic carbocycles. The number of aromatic nitrogens is 2. The maximum absolute atomic E-state index is 12.9. The summed E-state index contributed by atoms with van der Waals surface area (Å²) in [6.07, 6.45) is 9.65. The number of carbonyl (C=O) groups excluding carboxylic acids is 1. The van der Waals surface area contributed by atoms with Crippen molar-refractivity contribution in [1.29, 1.82) is 0 Å². The second-order valence-corrected chi connectivity index (χ2v) is 9.82. The zero-order valence-electron chi connectivity index (χ0n) is 19.8. The van der Waals surface area contributed by atoms with E-state index >= 15 is 0 Å². The first-order valence-electron chi connectivity index (χ1n) is 12.0. The maximum atomic E-state index is 12.9. The van der Waals surface area contributed by atoms with E-state index in [4.69, 9.17) is 4.74 Å². The maximum Gasteiger partial charge on any atom is 0.246 e. The molecule has 0 unspecified atom stereocenters. The Hall–Kier alpha value is -3.32. The van der Waals surface area contributed by atoms with Gasteiger partial charge in [-0.15, -0.1) is 0 Å². The smallest absolute Gasteiger partial charge is 0.246 e. The van der Waals surface area contributed by atoms with Crippen molar-refractivity contribution in [3.63, 3.8) is 0 Å². The van der Waals surface area contributed by atoms with Crippen LogP contribution in [-0.4, -0.2) is 70.3 Å². The van der Waals surface area contributed by atoms with Crippen molar-refractivity contribution in [2.75, 3.05) is 27.2 Å². The summed E-state index contributed by atoms with van der Waals surface area (Å²) in [5.41, 5.74) is 2.91. The Morgan fingerprint density at radius 3 is 2.65 bits per heavy atom. The minimum atomic E-state index is 0.0680. The molecule has 1 aromatic heterocycles. The molecular formula is C27H32N4O3. The zero-order chi connectivity index (χ0) is 23.7. The molecule has 2 N–H and O–H groups in total. The number of rotatable bonds is 9. The van der Waals surface area contributed by atoms with Crippen LogP contribution in [0.3, 0.4) is 0 Å². The summed E-state index contributed by atoms with van der Waals surface area (Å²) in [7, 11) is 4.00. The van der Waals surface area contributed by atoms with E-state index in [0.29, 0.717) is 5.92 Å². The summed E-state index contributed by atoms with van der Waals surface area (Å²) < 4.78 is 6.43. The fourth-order valence-corrected chi connectivity index (χ4v) is 4.46. The third kappa shape index (κ3) is 5.09. The van der Waals surface area contributed by atoms with Gasteiger partial charge in [-0.25, -0.2) is 0 Å². The number of benzene rings is 2. The number of phenolic OH excluding ortho intramolecular Hbond substituents is 1. The van der Waals surface area contributed by atoms with Gasteiger partial charge in [0.25, 0.3) is 0 Å². The van der Waals surface area contributed by atoms with Crippen molar-refractivity contribution in [3.8, 4) is 22.6 Å². The third-order valence-electron chi connectivity index (χ3n) is 6.69. The van der Waals surface area contributed by atoms with Crippen molar-refractivity contribution in [2.24, 2.45) is 5.92 Å². The van der Waals surface area contributed by atoms with Crippen LogP contribution in [0.5, 0.6) is 11.5 Å². The van der Waals surface area contributed by atoms with Gasteiger partial charge in [-0.3, -0.25) is 9.89 Å². The highest BCUT2D eigenvalue weighted by atomic mass is 16.5. The molecule has 34 heavy (non-hydrogen) atoms. The lowest BCUT2D eigenvalue weighted by molar-refractivity contribution is -0.132. The molecule has 0 radical (unpaired) electrons. The van der Waals surface area contributed by atoms with Crippen LogP contribution in [0.25, 0.3) is 22.0 Å². The molecule has 0 spiro atoms. The number of ether oxygens (including phenoxy) is 1. The standard InChI is InChI=1S/C27H32N4O3/c1-30(2)11-3-4-27(33)31(17-18-5-6-18)21-14-23(15-21)34-26-13-20(12-25-24(26)16-28-29-25)19-7-9-22(32)10-8-19/h3-4,7-10,12-13,16,18,21,23,32H,5-6,11,14-15,17H2,1-2H3,(H,28,29)/b4-3+/t21-,23+. The number of hydrogen-bond donors (Lipinski definition) is 2. The minimum Gasteiger partial charge on any atom is -0.508 e. The Kier molecular flexibility index (Phi) is 6.28. The van der Waals surface area contributed by atoms with Gasteiger partial charge in [0.2, 0.25) is 5.91 Å². The second kappa shape index (κ2) is 9.50. The van der Waals surface area contributed by atoms with Gasteiger partial charge < -0.3 is 19.6 Å². The lowest BCUT2D eigenvalue weighted by Gasteiger charge is -2.42. The Labute approximate surface area is 200 Å². The van der Waals surface area contributed by atoms with Gasteiger partial charge in [0.1, 0.15) is 17.6 Å². The number of amides is 1. The summed E-state index contributed by atoms with van der Waals surface area (Å²) >= 11 is 0. The van der Waals surface area contributed by atoms with Gasteiger partial charge in [-0.05, 0) is 68.2 Å². The number of phenols is 1. The van der Waals surface area contributed by atoms with Crippen LogP contribution in [0.1, 0.15) is 25.7 Å². The Morgan fingerprint density at radius 1 is 1.18 bits per heavy atom. The van der Waals surface area contributed by atoms with Crippen LogP contribution >= 0.6 is 0 Å². The van der Waals surface area contributed by atoms with E-state index in [1.54, 1.807) is 24.4 Å². The number of hydrogen-bond acceptors (Lipinski definition) is 5. The molecule has 0 saturated heterocycles. The van der Waals surface area contributed by atoms with Crippen LogP contribution in [0.2, 0.25) is 0 Å². The number of nitrogens with one attached hydrogen (secondary N) is 1. The first-order valence-corrected chi connectivity index (χ1v) is 12.0. The summed E-state index contributed by atoms with van der Waals surface area (Å²) in [5, 5.41) is 17.8. The molecule has 0 bridgehead atoms. The third-order valence-corrected chi connectivity index (χ3v) is 6.69. The molecule has 7 nitrogen and oxygen atoms in total. The normalized spacial score (nSPS) is 20.1. The first kappa shape index (κ1) is 22.5. The van der Waals surface area contributed by atoms with Gasteiger partial charge >= 0.3 is 0 Å². The lowest BCUT2D eigenvalue weighted by Crippen LogP contribution is -2.52. The van der Waals surface area contributed by atoms with Crippen LogP contribution in [0.4, 0.5) is 0 Å². The zero-order valence-corrected chi connectivity index (χ0v) is 19.8. The molecule has 0 atom stereocenters. The Balaban J connectivity index is 1.28. The average Bonchev–Trinajstić information content (AvgIpc) is 3.48. The summed E-state index contributed by atoms with van der Waals surface area (Å²) in [5.74, 6) is 1.80. The number of aromatic amines is 1. The number of carbonyl (C=O) groups is 1. The SMILES string of the molecule is CN(C)C/C=C/C(=O)N(CC1CC1)[C@H]1C[C@@H](Oc2cc(-c3ccc(O)cc3)cc3[nH]ncc23)C1. The minimum absolute atomic E-state index is 0.0680. The molecule has 2 aliphatic rings. The summed E-state index contributed by atoms with van der Waals surface area (Å²) in [4.78, 5) is 17.0. The number of aromatic hydroxyl groups is 1. The van der Waals surface area contributed by atoms with Crippen molar-refractivity contribution in [2.45, 2.75) is 37.8 Å². The molecule has 5 rings (SSSR count). The number of fused-ring (bicyclic) bond motifs is 1. The van der Waals surface area contributed by atoms with E-state index < -0.39 is 0 Å².